The van der Waals surface area contributed by atoms with Crippen LogP contribution in [0.1, 0.15) is 62.0 Å². The molecule has 7 heteroatoms. The van der Waals surface area contributed by atoms with Gasteiger partial charge in [0, 0.05) is 42.7 Å². The van der Waals surface area contributed by atoms with Crippen molar-refractivity contribution in [2.45, 2.75) is 82.0 Å². The van der Waals surface area contributed by atoms with Crippen LogP contribution in [0.4, 0.5) is 4.79 Å². The van der Waals surface area contributed by atoms with Crippen molar-refractivity contribution < 1.29 is 14.3 Å². The molecule has 0 bridgehead atoms. The number of hydrogen-bond acceptors (Lipinski definition) is 3. The summed E-state index contributed by atoms with van der Waals surface area (Å²) in [5.74, 6) is 0.476. The second-order valence-electron chi connectivity index (χ2n) is 9.63. The zero-order chi connectivity index (χ0) is 21.5. The van der Waals surface area contributed by atoms with Crippen molar-refractivity contribution in [2.75, 3.05) is 19.7 Å². The molecule has 4 atom stereocenters. The summed E-state index contributed by atoms with van der Waals surface area (Å²) in [6, 6.07) is 6.79. The molecule has 0 aromatic heterocycles. The summed E-state index contributed by atoms with van der Waals surface area (Å²) in [6.45, 7) is 4.10. The second-order valence-corrected chi connectivity index (χ2v) is 10.0. The van der Waals surface area contributed by atoms with Gasteiger partial charge in [0.2, 0.25) is 0 Å². The number of piperidine rings is 1. The normalized spacial score (nSPS) is 30.2. The Morgan fingerprint density at radius 3 is 2.71 bits per heavy atom. The van der Waals surface area contributed by atoms with E-state index in [0.29, 0.717) is 25.1 Å². The number of urea groups is 1. The van der Waals surface area contributed by atoms with E-state index < -0.39 is 0 Å². The summed E-state index contributed by atoms with van der Waals surface area (Å²) in [6.07, 6.45) is 6.50. The van der Waals surface area contributed by atoms with Crippen molar-refractivity contribution in [3.05, 3.63) is 34.3 Å². The average Bonchev–Trinajstić information content (AvgIpc) is 3.68. The van der Waals surface area contributed by atoms with Crippen molar-refractivity contribution in [3.63, 3.8) is 0 Å². The third-order valence-corrected chi connectivity index (χ3v) is 7.62. The molecule has 168 valence electrons. The third kappa shape index (κ3) is 4.56. The van der Waals surface area contributed by atoms with Crippen LogP contribution in [0.3, 0.4) is 0 Å². The zero-order valence-corrected chi connectivity index (χ0v) is 18.9. The molecule has 4 aliphatic rings. The van der Waals surface area contributed by atoms with Gasteiger partial charge in [-0.1, -0.05) is 23.7 Å². The van der Waals surface area contributed by atoms with Crippen LogP contribution in [0, 0.1) is 6.92 Å². The van der Waals surface area contributed by atoms with Gasteiger partial charge in [0.05, 0.1) is 6.04 Å². The van der Waals surface area contributed by atoms with Gasteiger partial charge in [0.1, 0.15) is 6.10 Å². The Bertz CT molecular complexity index is 852. The van der Waals surface area contributed by atoms with Gasteiger partial charge < -0.3 is 19.9 Å². The topological polar surface area (TPSA) is 61.9 Å². The Labute approximate surface area is 189 Å². The minimum absolute atomic E-state index is 0.0390. The smallest absolute Gasteiger partial charge is 0.318 e. The zero-order valence-electron chi connectivity index (χ0n) is 18.2. The number of carbonyl (C=O) groups excluding carboxylic acids is 2. The number of amides is 3. The lowest BCUT2D eigenvalue weighted by molar-refractivity contribution is -0.142. The number of benzene rings is 1. The molecule has 5 rings (SSSR count). The number of aryl methyl sites for hydroxylation is 1. The van der Waals surface area contributed by atoms with E-state index in [4.69, 9.17) is 16.3 Å². The molecule has 2 aliphatic carbocycles. The lowest BCUT2D eigenvalue weighted by atomic mass is 10.0. The summed E-state index contributed by atoms with van der Waals surface area (Å²) < 4.78 is 5.61. The average molecular weight is 446 g/mol. The number of nitrogens with one attached hydrogen (secondary N) is 1. The quantitative estimate of drug-likeness (QED) is 0.748. The molecule has 6 nitrogen and oxygen atoms in total. The van der Waals surface area contributed by atoms with Crippen LogP contribution < -0.4 is 5.32 Å². The van der Waals surface area contributed by atoms with Crippen LogP contribution in [-0.4, -0.2) is 65.7 Å². The fraction of sp³-hybridized carbons (Fsp3) is 0.667. The van der Waals surface area contributed by atoms with Crippen molar-refractivity contribution in [3.8, 4) is 0 Å². The van der Waals surface area contributed by atoms with E-state index in [9.17, 15) is 9.59 Å². The lowest BCUT2D eigenvalue weighted by Crippen LogP contribution is -2.56. The third-order valence-electron chi connectivity index (χ3n) is 7.19. The van der Waals surface area contributed by atoms with Crippen molar-refractivity contribution >= 4 is 23.5 Å². The largest absolute Gasteiger partial charge is 0.368 e. The van der Waals surface area contributed by atoms with Crippen molar-refractivity contribution in [1.82, 2.24) is 15.1 Å². The molecular weight excluding hydrogens is 414 g/mol. The maximum atomic E-state index is 13.3. The highest BCUT2D eigenvalue weighted by Gasteiger charge is 2.45. The molecular formula is C24H32ClN3O3. The van der Waals surface area contributed by atoms with E-state index in [1.165, 1.54) is 5.56 Å². The van der Waals surface area contributed by atoms with E-state index in [1.54, 1.807) is 0 Å². The summed E-state index contributed by atoms with van der Waals surface area (Å²) in [5.41, 5.74) is 2.32. The van der Waals surface area contributed by atoms with Crippen LogP contribution in [-0.2, 0) is 9.53 Å². The predicted molar refractivity (Wildman–Crippen MR) is 119 cm³/mol. The number of likely N-dealkylation sites (tertiary alicyclic amines) is 1. The SMILES string of the molecule is Cc1cc([C@@H]2C[C@H]2NC(=O)N(C2CC2)[C@@H]2CCCN(C(=O)[C@@H]3CCCO3)C2)ccc1Cl. The fourth-order valence-electron chi connectivity index (χ4n) is 5.20. The summed E-state index contributed by atoms with van der Waals surface area (Å²) in [5, 5.41) is 4.06. The predicted octanol–water partition coefficient (Wildman–Crippen LogP) is 3.85. The molecule has 1 aromatic carbocycles. The van der Waals surface area contributed by atoms with Crippen molar-refractivity contribution in [1.29, 1.82) is 0 Å². The molecule has 0 unspecified atom stereocenters. The standard InChI is InChI=1S/C24H32ClN3O3/c1-15-12-16(6-9-20(15)25)19-13-21(19)26-24(30)28(17-7-8-17)18-4-2-10-27(14-18)23(29)22-5-3-11-31-22/h6,9,12,17-19,21-22H,2-5,7-8,10-11,13-14H2,1H3,(H,26,30)/t18-,19+,21-,22+/m1/s1. The number of halogens is 1. The number of nitrogens with zero attached hydrogens (tertiary/aromatic N) is 2. The summed E-state index contributed by atoms with van der Waals surface area (Å²) >= 11 is 6.16. The Kier molecular flexibility index (Phi) is 5.86. The molecule has 31 heavy (non-hydrogen) atoms. The molecule has 1 N–H and O–H groups in total. The number of hydrogen-bond donors (Lipinski definition) is 1. The summed E-state index contributed by atoms with van der Waals surface area (Å²) in [4.78, 5) is 30.1. The molecule has 1 aromatic rings. The van der Waals surface area contributed by atoms with Gasteiger partial charge in [0.25, 0.3) is 5.91 Å². The molecule has 2 saturated carbocycles. The number of ether oxygens (including phenoxy) is 1. The Balaban J connectivity index is 1.21. The van der Waals surface area contributed by atoms with E-state index in [-0.39, 0.29) is 30.1 Å². The van der Waals surface area contributed by atoms with Gasteiger partial charge in [-0.05, 0) is 69.1 Å². The highest BCUT2D eigenvalue weighted by Crippen LogP contribution is 2.42. The van der Waals surface area contributed by atoms with Gasteiger partial charge in [-0.25, -0.2) is 4.79 Å². The van der Waals surface area contributed by atoms with Crippen LogP contribution in [0.2, 0.25) is 5.02 Å². The van der Waals surface area contributed by atoms with Gasteiger partial charge in [-0.3, -0.25) is 4.79 Å². The number of carbonyl (C=O) groups is 2. The number of rotatable bonds is 5. The monoisotopic (exact) mass is 445 g/mol. The molecule has 3 amide bonds. The maximum absolute atomic E-state index is 13.3. The van der Waals surface area contributed by atoms with E-state index >= 15 is 0 Å². The highest BCUT2D eigenvalue weighted by atomic mass is 35.5. The highest BCUT2D eigenvalue weighted by molar-refractivity contribution is 6.31. The molecule has 0 spiro atoms. The van der Waals surface area contributed by atoms with Gasteiger partial charge in [0.15, 0.2) is 0 Å². The Hall–Kier alpha value is -1.79. The first-order valence-electron chi connectivity index (χ1n) is 11.8. The molecule has 2 saturated heterocycles. The maximum Gasteiger partial charge on any atom is 0.318 e. The fourth-order valence-corrected chi connectivity index (χ4v) is 5.31. The van der Waals surface area contributed by atoms with Gasteiger partial charge in [-0.15, -0.1) is 0 Å². The summed E-state index contributed by atoms with van der Waals surface area (Å²) in [7, 11) is 0. The lowest BCUT2D eigenvalue weighted by Gasteiger charge is -2.40. The molecule has 4 fully saturated rings. The van der Waals surface area contributed by atoms with E-state index in [1.807, 2.05) is 17.9 Å². The minimum Gasteiger partial charge on any atom is -0.368 e. The Morgan fingerprint density at radius 2 is 2.00 bits per heavy atom. The van der Waals surface area contributed by atoms with Crippen LogP contribution in [0.5, 0.6) is 0 Å². The van der Waals surface area contributed by atoms with Crippen LogP contribution in [0.25, 0.3) is 0 Å². The Morgan fingerprint density at radius 1 is 1.16 bits per heavy atom. The molecule has 0 radical (unpaired) electrons. The van der Waals surface area contributed by atoms with Crippen LogP contribution >= 0.6 is 11.6 Å². The van der Waals surface area contributed by atoms with Crippen molar-refractivity contribution in [2.24, 2.45) is 0 Å². The van der Waals surface area contributed by atoms with E-state index in [2.05, 4.69) is 22.3 Å². The molecule has 2 aliphatic heterocycles. The minimum atomic E-state index is -0.281. The van der Waals surface area contributed by atoms with E-state index in [0.717, 1.165) is 62.1 Å². The van der Waals surface area contributed by atoms with Gasteiger partial charge in [-0.2, -0.15) is 0 Å². The van der Waals surface area contributed by atoms with Crippen LogP contribution in [0.15, 0.2) is 18.2 Å². The first-order chi connectivity index (χ1) is 15.0. The molecule has 2 heterocycles. The first-order valence-corrected chi connectivity index (χ1v) is 12.1. The van der Waals surface area contributed by atoms with Gasteiger partial charge >= 0.3 is 6.03 Å². The first kappa shape index (κ1) is 21.1. The second kappa shape index (κ2) is 8.62.